The molecule has 0 atom stereocenters. The van der Waals surface area contributed by atoms with Crippen LogP contribution < -0.4 is 9.64 Å². The quantitative estimate of drug-likeness (QED) is 0.511. The lowest BCUT2D eigenvalue weighted by Gasteiger charge is -2.35. The summed E-state index contributed by atoms with van der Waals surface area (Å²) >= 11 is 0. The summed E-state index contributed by atoms with van der Waals surface area (Å²) in [5.74, 6) is 1.03. The fourth-order valence-electron chi connectivity index (χ4n) is 4.98. The van der Waals surface area contributed by atoms with Crippen LogP contribution in [0.2, 0.25) is 0 Å². The van der Waals surface area contributed by atoms with Crippen LogP contribution in [-0.2, 0) is 0 Å². The van der Waals surface area contributed by atoms with Crippen molar-refractivity contribution in [1.29, 1.82) is 0 Å². The van der Waals surface area contributed by atoms with Crippen molar-refractivity contribution in [2.45, 2.75) is 20.8 Å². The first-order valence-corrected chi connectivity index (χ1v) is 12.3. The average Bonchev–Trinajstić information content (AvgIpc) is 3.12. The monoisotopic (exact) mass is 486 g/mol. The number of hydrogen-bond donors (Lipinski definition) is 0. The Morgan fingerprint density at radius 3 is 2.42 bits per heavy atom. The van der Waals surface area contributed by atoms with Crippen LogP contribution in [0.15, 0.2) is 42.5 Å². The van der Waals surface area contributed by atoms with Gasteiger partial charge in [-0.25, -0.2) is 4.98 Å². The number of amides is 3. The van der Waals surface area contributed by atoms with Gasteiger partial charge in [-0.3, -0.25) is 19.3 Å². The summed E-state index contributed by atoms with van der Waals surface area (Å²) in [5, 5.41) is 1.06. The lowest BCUT2D eigenvalue weighted by molar-refractivity contribution is 0.0635. The highest BCUT2D eigenvalue weighted by atomic mass is 16.5. The maximum absolute atomic E-state index is 13.3. The van der Waals surface area contributed by atoms with E-state index in [1.165, 1.54) is 4.90 Å². The number of benzene rings is 2. The number of hydrogen-bond acceptors (Lipinski definition) is 6. The first kappa shape index (κ1) is 23.8. The number of para-hydroxylation sites is 1. The summed E-state index contributed by atoms with van der Waals surface area (Å²) in [6, 6.07) is 12.8. The minimum Gasteiger partial charge on any atom is -0.494 e. The van der Waals surface area contributed by atoms with Crippen LogP contribution >= 0.6 is 0 Å². The number of aromatic nitrogens is 1. The van der Waals surface area contributed by atoms with E-state index < -0.39 is 0 Å². The third-order valence-corrected chi connectivity index (χ3v) is 6.87. The van der Waals surface area contributed by atoms with E-state index in [1.807, 2.05) is 32.0 Å². The van der Waals surface area contributed by atoms with Crippen molar-refractivity contribution in [3.63, 3.8) is 0 Å². The Hall–Kier alpha value is -3.94. The predicted molar refractivity (Wildman–Crippen MR) is 138 cm³/mol. The molecule has 3 heterocycles. The summed E-state index contributed by atoms with van der Waals surface area (Å²) in [6.45, 7) is 8.71. The number of fused-ring (bicyclic) bond motifs is 2. The molecular formula is C28H30N4O4. The summed E-state index contributed by atoms with van der Waals surface area (Å²) in [5.41, 5.74) is 3.07. The zero-order valence-corrected chi connectivity index (χ0v) is 21.1. The number of aryl methyl sites for hydroxylation is 1. The molecule has 1 saturated heterocycles. The van der Waals surface area contributed by atoms with Gasteiger partial charge in [0.15, 0.2) is 0 Å². The molecule has 0 spiro atoms. The van der Waals surface area contributed by atoms with Crippen LogP contribution in [0, 0.1) is 12.8 Å². The Morgan fingerprint density at radius 2 is 1.72 bits per heavy atom. The molecule has 3 amide bonds. The molecule has 0 N–H and O–H groups in total. The normalized spacial score (nSPS) is 15.8. The van der Waals surface area contributed by atoms with E-state index in [0.717, 1.165) is 28.0 Å². The molecule has 0 radical (unpaired) electrons. The summed E-state index contributed by atoms with van der Waals surface area (Å²) in [6.07, 6.45) is 0. The second kappa shape index (κ2) is 9.26. The number of ether oxygens (including phenoxy) is 1. The lowest BCUT2D eigenvalue weighted by Crippen LogP contribution is -2.49. The Morgan fingerprint density at radius 1 is 1.00 bits per heavy atom. The number of rotatable bonds is 5. The highest BCUT2D eigenvalue weighted by molar-refractivity contribution is 6.22. The van der Waals surface area contributed by atoms with E-state index in [4.69, 9.17) is 9.72 Å². The number of pyridine rings is 1. The van der Waals surface area contributed by atoms with Gasteiger partial charge in [0.05, 0.1) is 18.2 Å². The Kier molecular flexibility index (Phi) is 6.12. The number of imide groups is 1. The summed E-state index contributed by atoms with van der Waals surface area (Å²) in [4.78, 5) is 48.8. The van der Waals surface area contributed by atoms with Crippen LogP contribution in [0.3, 0.4) is 0 Å². The van der Waals surface area contributed by atoms with Gasteiger partial charge >= 0.3 is 0 Å². The topological polar surface area (TPSA) is 83.0 Å². The van der Waals surface area contributed by atoms with Crippen LogP contribution in [0.4, 0.5) is 5.82 Å². The molecule has 36 heavy (non-hydrogen) atoms. The van der Waals surface area contributed by atoms with Crippen molar-refractivity contribution in [2.75, 3.05) is 44.7 Å². The number of carbonyl (C=O) groups is 3. The van der Waals surface area contributed by atoms with Crippen LogP contribution in [-0.4, -0.2) is 72.3 Å². The molecule has 186 valence electrons. The van der Waals surface area contributed by atoms with E-state index in [-0.39, 0.29) is 23.6 Å². The van der Waals surface area contributed by atoms with Crippen molar-refractivity contribution in [2.24, 2.45) is 5.92 Å². The van der Waals surface area contributed by atoms with Gasteiger partial charge < -0.3 is 14.5 Å². The van der Waals surface area contributed by atoms with Crippen molar-refractivity contribution in [3.8, 4) is 5.75 Å². The minimum absolute atomic E-state index is 0.135. The average molecular weight is 487 g/mol. The molecule has 8 nitrogen and oxygen atoms in total. The maximum Gasteiger partial charge on any atom is 0.261 e. The molecule has 0 saturated carbocycles. The van der Waals surface area contributed by atoms with Crippen LogP contribution in [0.1, 0.15) is 50.5 Å². The van der Waals surface area contributed by atoms with Gasteiger partial charge in [0.25, 0.3) is 17.7 Å². The standard InChI is InChI=1S/C28H30N4O4/c1-17(2)16-32-27(34)21-9-8-19(15-22(21)28(32)35)26(33)31-12-10-30(11-13-31)24-14-18(3)20-6-5-7-23(36-4)25(20)29-24/h5-9,14-15,17H,10-13,16H2,1-4H3. The van der Waals surface area contributed by atoms with Gasteiger partial charge in [-0.05, 0) is 48.7 Å². The van der Waals surface area contributed by atoms with Gasteiger partial charge in [0.1, 0.15) is 17.1 Å². The first-order chi connectivity index (χ1) is 17.3. The van der Waals surface area contributed by atoms with E-state index in [9.17, 15) is 14.4 Å². The molecule has 0 unspecified atom stereocenters. The van der Waals surface area contributed by atoms with E-state index >= 15 is 0 Å². The van der Waals surface area contributed by atoms with Crippen molar-refractivity contribution < 1.29 is 19.1 Å². The number of anilines is 1. The number of nitrogens with zero attached hydrogens (tertiary/aromatic N) is 4. The van der Waals surface area contributed by atoms with Gasteiger partial charge in [-0.2, -0.15) is 0 Å². The van der Waals surface area contributed by atoms with Crippen LogP contribution in [0.5, 0.6) is 5.75 Å². The summed E-state index contributed by atoms with van der Waals surface area (Å²) < 4.78 is 5.51. The fraction of sp³-hybridized carbons (Fsp3) is 0.357. The highest BCUT2D eigenvalue weighted by Crippen LogP contribution is 2.30. The highest BCUT2D eigenvalue weighted by Gasteiger charge is 2.36. The molecule has 8 heteroatoms. The number of piperazine rings is 1. The third kappa shape index (κ3) is 4.06. The largest absolute Gasteiger partial charge is 0.494 e. The molecule has 1 fully saturated rings. The van der Waals surface area contributed by atoms with Crippen molar-refractivity contribution in [3.05, 3.63) is 64.7 Å². The smallest absolute Gasteiger partial charge is 0.261 e. The molecule has 5 rings (SSSR count). The maximum atomic E-state index is 13.3. The third-order valence-electron chi connectivity index (χ3n) is 6.87. The lowest BCUT2D eigenvalue weighted by atomic mass is 10.0. The number of carbonyl (C=O) groups excluding carboxylic acids is 3. The Balaban J connectivity index is 1.31. The van der Waals surface area contributed by atoms with Gasteiger partial charge in [-0.1, -0.05) is 26.0 Å². The zero-order chi connectivity index (χ0) is 25.6. The zero-order valence-electron chi connectivity index (χ0n) is 21.1. The van der Waals surface area contributed by atoms with Gasteiger partial charge in [-0.15, -0.1) is 0 Å². The molecule has 2 aromatic carbocycles. The fourth-order valence-corrected chi connectivity index (χ4v) is 4.98. The van der Waals surface area contributed by atoms with E-state index in [1.54, 1.807) is 30.2 Å². The second-order valence-corrected chi connectivity index (χ2v) is 9.81. The molecule has 3 aromatic rings. The molecule has 0 bridgehead atoms. The van der Waals surface area contributed by atoms with E-state index in [2.05, 4.69) is 17.9 Å². The first-order valence-electron chi connectivity index (χ1n) is 12.3. The minimum atomic E-state index is -0.323. The molecule has 0 aliphatic carbocycles. The summed E-state index contributed by atoms with van der Waals surface area (Å²) in [7, 11) is 1.65. The number of methoxy groups -OCH3 is 1. The van der Waals surface area contributed by atoms with E-state index in [0.29, 0.717) is 49.4 Å². The molecule has 2 aliphatic heterocycles. The predicted octanol–water partition coefficient (Wildman–Crippen LogP) is 3.77. The Bertz CT molecular complexity index is 1380. The van der Waals surface area contributed by atoms with Crippen molar-refractivity contribution in [1.82, 2.24) is 14.8 Å². The molecule has 1 aromatic heterocycles. The molecular weight excluding hydrogens is 456 g/mol. The second-order valence-electron chi connectivity index (χ2n) is 9.81. The van der Waals surface area contributed by atoms with Crippen LogP contribution in [0.25, 0.3) is 10.9 Å². The van der Waals surface area contributed by atoms with Crippen molar-refractivity contribution >= 4 is 34.4 Å². The Labute approximate surface area is 210 Å². The SMILES string of the molecule is COc1cccc2c(C)cc(N3CCN(C(=O)c4ccc5c(c4)C(=O)N(CC(C)C)C5=O)CC3)nc12. The van der Waals surface area contributed by atoms with Gasteiger partial charge in [0, 0.05) is 43.7 Å². The van der Waals surface area contributed by atoms with Gasteiger partial charge in [0.2, 0.25) is 0 Å². The molecule has 2 aliphatic rings.